The van der Waals surface area contributed by atoms with Gasteiger partial charge in [0.25, 0.3) is 0 Å². The summed E-state index contributed by atoms with van der Waals surface area (Å²) in [5, 5.41) is 12.5. The average molecular weight is 296 g/mol. The molecule has 0 radical (unpaired) electrons. The fraction of sp³-hybridized carbons (Fsp3) is 0.562. The standard InChI is InChI=1S/C16H25FN2O2/c1-5-19(11-16(3,4)21)10-15(20)18-9-13-7-6-12(2)14(17)8-13/h6-8,21H,5,9-11H2,1-4H3,(H,18,20). The van der Waals surface area contributed by atoms with Crippen molar-refractivity contribution in [2.24, 2.45) is 0 Å². The van der Waals surface area contributed by atoms with Crippen molar-refractivity contribution in [2.45, 2.75) is 39.8 Å². The van der Waals surface area contributed by atoms with Crippen molar-refractivity contribution >= 4 is 5.91 Å². The molecule has 0 spiro atoms. The molecule has 0 heterocycles. The van der Waals surface area contributed by atoms with E-state index in [9.17, 15) is 14.3 Å². The molecule has 0 unspecified atom stereocenters. The molecule has 0 bridgehead atoms. The second-order valence-electron chi connectivity index (χ2n) is 5.98. The minimum Gasteiger partial charge on any atom is -0.389 e. The molecule has 1 rings (SSSR count). The molecule has 4 nitrogen and oxygen atoms in total. The van der Waals surface area contributed by atoms with Gasteiger partial charge in [-0.05, 0) is 44.5 Å². The van der Waals surface area contributed by atoms with Crippen molar-refractivity contribution in [2.75, 3.05) is 19.6 Å². The van der Waals surface area contributed by atoms with Gasteiger partial charge in [-0.25, -0.2) is 4.39 Å². The van der Waals surface area contributed by atoms with Crippen LogP contribution in [-0.2, 0) is 11.3 Å². The van der Waals surface area contributed by atoms with Crippen LogP contribution in [0.4, 0.5) is 4.39 Å². The third-order valence-corrected chi connectivity index (χ3v) is 3.15. The fourth-order valence-corrected chi connectivity index (χ4v) is 2.03. The number of hydrogen-bond donors (Lipinski definition) is 2. The lowest BCUT2D eigenvalue weighted by Gasteiger charge is -2.27. The van der Waals surface area contributed by atoms with Crippen molar-refractivity contribution in [3.63, 3.8) is 0 Å². The number of benzene rings is 1. The summed E-state index contributed by atoms with van der Waals surface area (Å²) in [4.78, 5) is 13.8. The predicted octanol–water partition coefficient (Wildman–Crippen LogP) is 1.84. The molecular weight excluding hydrogens is 271 g/mol. The zero-order valence-corrected chi connectivity index (χ0v) is 13.2. The van der Waals surface area contributed by atoms with E-state index in [1.54, 1.807) is 32.9 Å². The number of carbonyl (C=O) groups excluding carboxylic acids is 1. The smallest absolute Gasteiger partial charge is 0.234 e. The molecule has 0 saturated heterocycles. The van der Waals surface area contributed by atoms with Crippen LogP contribution in [0.2, 0.25) is 0 Å². The molecule has 0 atom stereocenters. The summed E-state index contributed by atoms with van der Waals surface area (Å²) in [6, 6.07) is 4.93. The number of nitrogens with zero attached hydrogens (tertiary/aromatic N) is 1. The van der Waals surface area contributed by atoms with E-state index in [-0.39, 0.29) is 18.3 Å². The Morgan fingerprint density at radius 3 is 2.62 bits per heavy atom. The maximum Gasteiger partial charge on any atom is 0.234 e. The van der Waals surface area contributed by atoms with Crippen LogP contribution in [0.15, 0.2) is 18.2 Å². The Kier molecular flexibility index (Phi) is 6.30. The van der Waals surface area contributed by atoms with Crippen LogP contribution in [0, 0.1) is 12.7 Å². The van der Waals surface area contributed by atoms with E-state index in [4.69, 9.17) is 0 Å². The summed E-state index contributed by atoms with van der Waals surface area (Å²) >= 11 is 0. The number of nitrogens with one attached hydrogen (secondary N) is 1. The zero-order chi connectivity index (χ0) is 16.0. The summed E-state index contributed by atoms with van der Waals surface area (Å²) < 4.78 is 13.4. The largest absolute Gasteiger partial charge is 0.389 e. The molecule has 0 saturated carbocycles. The molecule has 1 aromatic carbocycles. The Balaban J connectivity index is 2.47. The normalized spacial score (nSPS) is 11.8. The van der Waals surface area contributed by atoms with Crippen LogP contribution < -0.4 is 5.32 Å². The lowest BCUT2D eigenvalue weighted by atomic mass is 10.1. The highest BCUT2D eigenvalue weighted by molar-refractivity contribution is 5.78. The molecule has 0 aliphatic rings. The minimum absolute atomic E-state index is 0.137. The molecule has 0 aliphatic carbocycles. The van der Waals surface area contributed by atoms with Gasteiger partial charge in [0.1, 0.15) is 5.82 Å². The maximum absolute atomic E-state index is 13.4. The highest BCUT2D eigenvalue weighted by Gasteiger charge is 2.18. The first kappa shape index (κ1) is 17.6. The minimum atomic E-state index is -0.837. The van der Waals surface area contributed by atoms with E-state index >= 15 is 0 Å². The third kappa shape index (κ3) is 6.69. The van der Waals surface area contributed by atoms with E-state index in [0.717, 1.165) is 5.56 Å². The van der Waals surface area contributed by atoms with Gasteiger partial charge in [-0.1, -0.05) is 19.1 Å². The number of carbonyl (C=O) groups is 1. The predicted molar refractivity (Wildman–Crippen MR) is 81.4 cm³/mol. The Morgan fingerprint density at radius 1 is 1.43 bits per heavy atom. The maximum atomic E-state index is 13.4. The summed E-state index contributed by atoms with van der Waals surface area (Å²) in [5.41, 5.74) is 0.487. The first-order valence-electron chi connectivity index (χ1n) is 7.17. The number of aryl methyl sites for hydroxylation is 1. The molecule has 1 aromatic rings. The van der Waals surface area contributed by atoms with Gasteiger partial charge in [-0.15, -0.1) is 0 Å². The Hall–Kier alpha value is -1.46. The van der Waals surface area contributed by atoms with Crippen molar-refractivity contribution in [1.82, 2.24) is 10.2 Å². The second-order valence-corrected chi connectivity index (χ2v) is 5.98. The van der Waals surface area contributed by atoms with E-state index in [1.807, 2.05) is 11.8 Å². The molecule has 118 valence electrons. The molecule has 5 heteroatoms. The number of aliphatic hydroxyl groups is 1. The quantitative estimate of drug-likeness (QED) is 0.807. The lowest BCUT2D eigenvalue weighted by Crippen LogP contribution is -2.43. The van der Waals surface area contributed by atoms with Gasteiger partial charge in [-0.3, -0.25) is 9.69 Å². The Morgan fingerprint density at radius 2 is 2.10 bits per heavy atom. The van der Waals surface area contributed by atoms with Crippen LogP contribution in [0.3, 0.4) is 0 Å². The first-order chi connectivity index (χ1) is 9.71. The van der Waals surface area contributed by atoms with Crippen molar-refractivity contribution in [3.8, 4) is 0 Å². The lowest BCUT2D eigenvalue weighted by molar-refractivity contribution is -0.123. The highest BCUT2D eigenvalue weighted by atomic mass is 19.1. The molecule has 1 amide bonds. The summed E-state index contributed by atoms with van der Waals surface area (Å²) in [6.07, 6.45) is 0. The molecule has 2 N–H and O–H groups in total. The van der Waals surface area contributed by atoms with E-state index in [1.165, 1.54) is 6.07 Å². The summed E-state index contributed by atoms with van der Waals surface area (Å²) in [7, 11) is 0. The van der Waals surface area contributed by atoms with E-state index in [2.05, 4.69) is 5.32 Å². The topological polar surface area (TPSA) is 52.6 Å². The third-order valence-electron chi connectivity index (χ3n) is 3.15. The Bertz CT molecular complexity index is 484. The van der Waals surface area contributed by atoms with Crippen molar-refractivity contribution < 1.29 is 14.3 Å². The summed E-state index contributed by atoms with van der Waals surface area (Å²) in [6.45, 7) is 8.69. The van der Waals surface area contributed by atoms with Crippen molar-refractivity contribution in [3.05, 3.63) is 35.1 Å². The van der Waals surface area contributed by atoms with Gasteiger partial charge in [0.2, 0.25) is 5.91 Å². The number of hydrogen-bond acceptors (Lipinski definition) is 3. The van der Waals surface area contributed by atoms with Crippen molar-refractivity contribution in [1.29, 1.82) is 0 Å². The zero-order valence-electron chi connectivity index (χ0n) is 13.2. The molecular formula is C16H25FN2O2. The molecule has 21 heavy (non-hydrogen) atoms. The number of likely N-dealkylation sites (N-methyl/N-ethyl adjacent to an activating group) is 1. The summed E-state index contributed by atoms with van der Waals surface area (Å²) in [5.74, 6) is -0.402. The second kappa shape index (κ2) is 7.52. The first-order valence-corrected chi connectivity index (χ1v) is 7.17. The van der Waals surface area contributed by atoms with Crippen LogP contribution in [0.25, 0.3) is 0 Å². The Labute approximate surface area is 126 Å². The molecule has 0 aliphatic heterocycles. The van der Waals surface area contributed by atoms with Gasteiger partial charge < -0.3 is 10.4 Å². The van der Waals surface area contributed by atoms with Crippen LogP contribution >= 0.6 is 0 Å². The number of amides is 1. The molecule has 0 fully saturated rings. The van der Waals surface area contributed by atoms with Gasteiger partial charge >= 0.3 is 0 Å². The number of halogens is 1. The van der Waals surface area contributed by atoms with Crippen LogP contribution in [0.1, 0.15) is 31.9 Å². The molecule has 0 aromatic heterocycles. The van der Waals surface area contributed by atoms with Gasteiger partial charge in [0, 0.05) is 13.1 Å². The monoisotopic (exact) mass is 296 g/mol. The van der Waals surface area contributed by atoms with E-state index < -0.39 is 5.60 Å². The average Bonchev–Trinajstić information content (AvgIpc) is 2.38. The van der Waals surface area contributed by atoms with Crippen LogP contribution in [-0.4, -0.2) is 41.1 Å². The van der Waals surface area contributed by atoms with Crippen LogP contribution in [0.5, 0.6) is 0 Å². The number of rotatable bonds is 7. The highest BCUT2D eigenvalue weighted by Crippen LogP contribution is 2.09. The SMILES string of the molecule is CCN(CC(=O)NCc1ccc(C)c(F)c1)CC(C)(C)O. The van der Waals surface area contributed by atoms with Gasteiger partial charge in [0.15, 0.2) is 0 Å². The fourth-order valence-electron chi connectivity index (χ4n) is 2.03. The van der Waals surface area contributed by atoms with E-state index in [0.29, 0.717) is 25.2 Å². The van der Waals surface area contributed by atoms with Gasteiger partial charge in [-0.2, -0.15) is 0 Å². The van der Waals surface area contributed by atoms with Gasteiger partial charge in [0.05, 0.1) is 12.1 Å².